The van der Waals surface area contributed by atoms with Gasteiger partial charge < -0.3 is 29.6 Å². The minimum Gasteiger partial charge on any atom is -0.497 e. The molecule has 0 unspecified atom stereocenters. The molecule has 3 aromatic rings. The average molecular weight is 518 g/mol. The lowest BCUT2D eigenvalue weighted by Gasteiger charge is -2.54. The molecule has 3 aromatic carbocycles. The first-order chi connectivity index (χ1) is 18.2. The maximum atomic E-state index is 14.1. The van der Waals surface area contributed by atoms with Crippen LogP contribution in [-0.4, -0.2) is 39.0 Å². The monoisotopic (exact) mass is 517 g/mol. The molecule has 2 heterocycles. The second-order valence-electron chi connectivity index (χ2n) is 9.62. The largest absolute Gasteiger partial charge is 0.497 e. The van der Waals surface area contributed by atoms with Crippen molar-refractivity contribution in [2.45, 2.75) is 32.5 Å². The summed E-state index contributed by atoms with van der Waals surface area (Å²) in [5, 5.41) is 6.13. The minimum absolute atomic E-state index is 0.296. The number of fused-ring (bicyclic) bond motifs is 4. The van der Waals surface area contributed by atoms with Crippen LogP contribution < -0.4 is 34.5 Å². The van der Waals surface area contributed by atoms with Crippen LogP contribution in [0.4, 0.5) is 16.2 Å². The van der Waals surface area contributed by atoms with E-state index in [1.54, 1.807) is 45.4 Å². The van der Waals surface area contributed by atoms with E-state index >= 15 is 0 Å². The van der Waals surface area contributed by atoms with Crippen LogP contribution in [0.5, 0.6) is 23.0 Å². The van der Waals surface area contributed by atoms with E-state index in [9.17, 15) is 9.59 Å². The summed E-state index contributed by atoms with van der Waals surface area (Å²) in [7, 11) is 4.61. The predicted molar refractivity (Wildman–Crippen MR) is 143 cm³/mol. The predicted octanol–water partition coefficient (Wildman–Crippen LogP) is 4.96. The van der Waals surface area contributed by atoms with Gasteiger partial charge >= 0.3 is 6.03 Å². The second-order valence-corrected chi connectivity index (χ2v) is 9.62. The first-order valence-electron chi connectivity index (χ1n) is 12.3. The number of urea groups is 1. The molecule has 2 bridgehead atoms. The van der Waals surface area contributed by atoms with E-state index in [2.05, 4.69) is 10.6 Å². The third-order valence-corrected chi connectivity index (χ3v) is 7.26. The molecule has 0 saturated carbocycles. The fourth-order valence-corrected chi connectivity index (χ4v) is 5.43. The Bertz CT molecular complexity index is 1420. The number of carbonyl (C=O) groups is 2. The third kappa shape index (κ3) is 3.95. The Morgan fingerprint density at radius 3 is 2.45 bits per heavy atom. The van der Waals surface area contributed by atoms with E-state index in [-0.39, 0.29) is 5.91 Å². The van der Waals surface area contributed by atoms with Crippen molar-refractivity contribution in [3.63, 3.8) is 0 Å². The maximum absolute atomic E-state index is 14.1. The molecule has 1 fully saturated rings. The summed E-state index contributed by atoms with van der Waals surface area (Å²) in [4.78, 5) is 29.2. The molecule has 2 aliphatic rings. The molecule has 9 heteroatoms. The van der Waals surface area contributed by atoms with Gasteiger partial charge in [0.2, 0.25) is 11.6 Å². The highest BCUT2D eigenvalue weighted by atomic mass is 16.5. The van der Waals surface area contributed by atoms with Crippen LogP contribution in [0, 0.1) is 19.8 Å². The van der Waals surface area contributed by atoms with Crippen LogP contribution in [0.3, 0.4) is 0 Å². The van der Waals surface area contributed by atoms with E-state index in [0.29, 0.717) is 39.9 Å². The van der Waals surface area contributed by atoms with Gasteiger partial charge in [0, 0.05) is 17.3 Å². The van der Waals surface area contributed by atoms with Crippen molar-refractivity contribution in [1.29, 1.82) is 0 Å². The number of para-hydroxylation sites is 1. The molecule has 1 saturated heterocycles. The number of nitrogens with zero attached hydrogens (tertiary/aromatic N) is 1. The van der Waals surface area contributed by atoms with Gasteiger partial charge in [-0.15, -0.1) is 0 Å². The molecule has 198 valence electrons. The Kier molecular flexibility index (Phi) is 6.30. The molecule has 5 rings (SSSR count). The lowest BCUT2D eigenvalue weighted by molar-refractivity contribution is -0.131. The zero-order valence-corrected chi connectivity index (χ0v) is 22.2. The molecular weight excluding hydrogens is 486 g/mol. The Labute approximate surface area is 221 Å². The van der Waals surface area contributed by atoms with E-state index in [4.69, 9.17) is 18.9 Å². The zero-order valence-electron chi connectivity index (χ0n) is 22.2. The summed E-state index contributed by atoms with van der Waals surface area (Å²) >= 11 is 0. The normalized spacial score (nSPS) is 21.5. The number of ether oxygens (including phenoxy) is 4. The molecule has 0 aromatic heterocycles. The van der Waals surface area contributed by atoms with Gasteiger partial charge in [0.05, 0.1) is 33.1 Å². The summed E-state index contributed by atoms with van der Waals surface area (Å²) in [6.07, 6.45) is 0. The highest BCUT2D eigenvalue weighted by Gasteiger charge is 2.61. The Hall–Kier alpha value is -4.40. The van der Waals surface area contributed by atoms with Crippen LogP contribution in [0.1, 0.15) is 29.7 Å². The highest BCUT2D eigenvalue weighted by molar-refractivity contribution is 6.02. The molecule has 3 atom stereocenters. The molecule has 9 nitrogen and oxygen atoms in total. The Morgan fingerprint density at radius 2 is 1.76 bits per heavy atom. The number of benzene rings is 3. The van der Waals surface area contributed by atoms with Crippen molar-refractivity contribution in [2.24, 2.45) is 5.92 Å². The number of amides is 3. The van der Waals surface area contributed by atoms with Gasteiger partial charge in [-0.2, -0.15) is 0 Å². The van der Waals surface area contributed by atoms with Gasteiger partial charge in [-0.05, 0) is 50.6 Å². The molecule has 0 aliphatic carbocycles. The number of rotatable bonds is 6. The number of hydrogen-bond donors (Lipinski definition) is 2. The lowest BCUT2D eigenvalue weighted by Crippen LogP contribution is -2.72. The summed E-state index contributed by atoms with van der Waals surface area (Å²) < 4.78 is 23.2. The van der Waals surface area contributed by atoms with Gasteiger partial charge in [-0.25, -0.2) is 4.79 Å². The topological polar surface area (TPSA) is 98.4 Å². The first-order valence-corrected chi connectivity index (χ1v) is 12.3. The number of aryl methyl sites for hydroxylation is 2. The van der Waals surface area contributed by atoms with Crippen LogP contribution in [-0.2, 0) is 4.79 Å². The number of nitrogens with one attached hydrogen (secondary N) is 2. The van der Waals surface area contributed by atoms with E-state index in [1.165, 1.54) is 12.0 Å². The fourth-order valence-electron chi connectivity index (χ4n) is 5.43. The summed E-state index contributed by atoms with van der Waals surface area (Å²) in [6.45, 7) is 5.68. The Balaban J connectivity index is 1.67. The van der Waals surface area contributed by atoms with Crippen LogP contribution >= 0.6 is 0 Å². The number of hydrogen-bond acceptors (Lipinski definition) is 6. The van der Waals surface area contributed by atoms with Crippen molar-refractivity contribution >= 4 is 23.3 Å². The smallest absolute Gasteiger partial charge is 0.325 e. The number of anilines is 2. The molecule has 2 aliphatic heterocycles. The number of carbonyl (C=O) groups excluding carboxylic acids is 2. The summed E-state index contributed by atoms with van der Waals surface area (Å²) in [5.41, 5.74) is 2.37. The number of methoxy groups -OCH3 is 3. The Morgan fingerprint density at radius 1 is 1.00 bits per heavy atom. The van der Waals surface area contributed by atoms with Gasteiger partial charge in [-0.3, -0.25) is 9.69 Å². The zero-order chi connectivity index (χ0) is 27.2. The standard InChI is InChI=1S/C29H31N3O6/c1-16-10-12-20(17(2)14-16)30-27(33)24-25-19-8-7-9-22(36-5)26(19)38-29(24,3)32(28(34)31-25)21-13-11-18(35-4)15-23(21)37-6/h7-15,24-25H,1-6H3,(H,30,33)(H,31,34)/t24-,25-,29+/m1/s1. The van der Waals surface area contributed by atoms with Crippen molar-refractivity contribution in [2.75, 3.05) is 31.5 Å². The fraction of sp³-hybridized carbons (Fsp3) is 0.310. The van der Waals surface area contributed by atoms with Gasteiger partial charge in [0.1, 0.15) is 17.4 Å². The third-order valence-electron chi connectivity index (χ3n) is 7.26. The van der Waals surface area contributed by atoms with E-state index < -0.39 is 23.7 Å². The SMILES string of the molecule is COc1ccc(N2C(=O)N[C@@H]3c4cccc(OC)c4O[C@@]2(C)[C@H]3C(=O)Nc2ccc(C)cc2C)c(OC)c1. The van der Waals surface area contributed by atoms with Crippen molar-refractivity contribution < 1.29 is 28.5 Å². The van der Waals surface area contributed by atoms with E-state index in [1.807, 2.05) is 44.2 Å². The molecule has 3 amide bonds. The van der Waals surface area contributed by atoms with E-state index in [0.717, 1.165) is 11.1 Å². The minimum atomic E-state index is -1.45. The van der Waals surface area contributed by atoms with Crippen molar-refractivity contribution in [3.8, 4) is 23.0 Å². The molecule has 2 N–H and O–H groups in total. The van der Waals surface area contributed by atoms with Gasteiger partial charge in [0.25, 0.3) is 0 Å². The van der Waals surface area contributed by atoms with Crippen LogP contribution in [0.25, 0.3) is 0 Å². The van der Waals surface area contributed by atoms with Gasteiger partial charge in [-0.1, -0.05) is 29.8 Å². The summed E-state index contributed by atoms with van der Waals surface area (Å²) in [5.74, 6) is 0.789. The molecule has 0 radical (unpaired) electrons. The second kappa shape index (κ2) is 9.48. The van der Waals surface area contributed by atoms with Crippen LogP contribution in [0.15, 0.2) is 54.6 Å². The first kappa shape index (κ1) is 25.3. The quantitative estimate of drug-likeness (QED) is 0.480. The van der Waals surface area contributed by atoms with Gasteiger partial charge in [0.15, 0.2) is 11.5 Å². The molecule has 0 spiro atoms. The average Bonchev–Trinajstić information content (AvgIpc) is 2.89. The molecular formula is C29H31N3O6. The highest BCUT2D eigenvalue weighted by Crippen LogP contribution is 2.53. The maximum Gasteiger partial charge on any atom is 0.325 e. The van der Waals surface area contributed by atoms with Crippen LogP contribution in [0.2, 0.25) is 0 Å². The van der Waals surface area contributed by atoms with Crippen molar-refractivity contribution in [3.05, 3.63) is 71.3 Å². The molecule has 38 heavy (non-hydrogen) atoms. The van der Waals surface area contributed by atoms with Crippen molar-refractivity contribution in [1.82, 2.24) is 5.32 Å². The summed E-state index contributed by atoms with van der Waals surface area (Å²) in [6, 6.07) is 15.3. The lowest BCUT2D eigenvalue weighted by atomic mass is 9.78.